The maximum absolute atomic E-state index is 11.4. The molecule has 1 rings (SSSR count). The van der Waals surface area contributed by atoms with Gasteiger partial charge in [-0.2, -0.15) is 0 Å². The van der Waals surface area contributed by atoms with Gasteiger partial charge in [0.1, 0.15) is 0 Å². The summed E-state index contributed by atoms with van der Waals surface area (Å²) in [6.07, 6.45) is 2.42. The van der Waals surface area contributed by atoms with Crippen LogP contribution in [0, 0.1) is 5.92 Å². The Morgan fingerprint density at radius 1 is 1.56 bits per heavy atom. The molecule has 2 N–H and O–H groups in total. The van der Waals surface area contributed by atoms with E-state index in [0.717, 1.165) is 19.4 Å². The summed E-state index contributed by atoms with van der Waals surface area (Å²) in [6.45, 7) is 3.33. The fourth-order valence-corrected chi connectivity index (χ4v) is 2.29. The summed E-state index contributed by atoms with van der Waals surface area (Å²) in [5.41, 5.74) is 5.34. The lowest BCUT2D eigenvalue weighted by atomic mass is 9.96. The number of carbonyl (C=O) groups is 2. The third kappa shape index (κ3) is 2.95. The summed E-state index contributed by atoms with van der Waals surface area (Å²) < 4.78 is 4.73. The molecule has 5 nitrogen and oxygen atoms in total. The van der Waals surface area contributed by atoms with Crippen molar-refractivity contribution in [2.24, 2.45) is 11.7 Å². The second kappa shape index (κ2) is 5.84. The van der Waals surface area contributed by atoms with Gasteiger partial charge in [0.25, 0.3) is 0 Å². The lowest BCUT2D eigenvalue weighted by Crippen LogP contribution is -2.50. The first-order chi connectivity index (χ1) is 7.60. The van der Waals surface area contributed by atoms with Gasteiger partial charge in [0.2, 0.25) is 5.91 Å². The third-order valence-electron chi connectivity index (χ3n) is 3.14. The van der Waals surface area contributed by atoms with Gasteiger partial charge >= 0.3 is 5.97 Å². The maximum Gasteiger partial charge on any atom is 0.309 e. The van der Waals surface area contributed by atoms with Crippen LogP contribution in [-0.2, 0) is 14.3 Å². The van der Waals surface area contributed by atoms with E-state index in [-0.39, 0.29) is 23.8 Å². The molecule has 0 radical (unpaired) electrons. The molecule has 92 valence electrons. The van der Waals surface area contributed by atoms with Crippen LogP contribution in [0.3, 0.4) is 0 Å². The molecule has 1 heterocycles. The van der Waals surface area contributed by atoms with Gasteiger partial charge in [-0.3, -0.25) is 14.5 Å². The quantitative estimate of drug-likeness (QED) is 0.694. The molecule has 1 amide bonds. The molecule has 0 saturated carbocycles. The molecule has 0 spiro atoms. The molecule has 5 heteroatoms. The van der Waals surface area contributed by atoms with E-state index in [1.165, 1.54) is 7.11 Å². The number of nitrogens with zero attached hydrogens (tertiary/aromatic N) is 1. The van der Waals surface area contributed by atoms with Crippen molar-refractivity contribution in [1.29, 1.82) is 0 Å². The largest absolute Gasteiger partial charge is 0.469 e. The second-order valence-corrected chi connectivity index (χ2v) is 4.18. The Morgan fingerprint density at radius 2 is 2.25 bits per heavy atom. The Balaban J connectivity index is 2.62. The van der Waals surface area contributed by atoms with Gasteiger partial charge in [-0.25, -0.2) is 0 Å². The summed E-state index contributed by atoms with van der Waals surface area (Å²) in [5, 5.41) is 0. The Bertz CT molecular complexity index is 268. The molecule has 0 aromatic carbocycles. The molecule has 1 fully saturated rings. The first kappa shape index (κ1) is 13.0. The molecule has 0 bridgehead atoms. The van der Waals surface area contributed by atoms with Crippen LogP contribution in [0.25, 0.3) is 0 Å². The van der Waals surface area contributed by atoms with E-state index < -0.39 is 0 Å². The average molecular weight is 228 g/mol. The monoisotopic (exact) mass is 228 g/mol. The Hall–Kier alpha value is -1.10. The number of ether oxygens (including phenoxy) is 1. The summed E-state index contributed by atoms with van der Waals surface area (Å²) in [7, 11) is 1.40. The number of primary amides is 1. The van der Waals surface area contributed by atoms with E-state index in [0.29, 0.717) is 13.0 Å². The summed E-state index contributed by atoms with van der Waals surface area (Å²) >= 11 is 0. The van der Waals surface area contributed by atoms with E-state index >= 15 is 0 Å². The van der Waals surface area contributed by atoms with Crippen molar-refractivity contribution in [2.45, 2.75) is 32.2 Å². The van der Waals surface area contributed by atoms with Crippen LogP contribution in [-0.4, -0.2) is 43.0 Å². The molecule has 0 aliphatic carbocycles. The van der Waals surface area contributed by atoms with Crippen molar-refractivity contribution in [3.8, 4) is 0 Å². The van der Waals surface area contributed by atoms with E-state index in [1.54, 1.807) is 0 Å². The number of likely N-dealkylation sites (tertiary alicyclic amines) is 1. The number of rotatable bonds is 4. The molecule has 2 atom stereocenters. The lowest BCUT2D eigenvalue weighted by Gasteiger charge is -2.35. The molecule has 1 aliphatic rings. The van der Waals surface area contributed by atoms with Crippen molar-refractivity contribution >= 4 is 11.9 Å². The van der Waals surface area contributed by atoms with Crippen molar-refractivity contribution < 1.29 is 14.3 Å². The predicted molar refractivity (Wildman–Crippen MR) is 59.6 cm³/mol. The number of amides is 1. The van der Waals surface area contributed by atoms with E-state index in [9.17, 15) is 9.59 Å². The Kier molecular flexibility index (Phi) is 4.73. The van der Waals surface area contributed by atoms with Gasteiger partial charge in [-0.1, -0.05) is 6.92 Å². The predicted octanol–water partition coefficient (Wildman–Crippen LogP) is 0.135. The number of carbonyl (C=O) groups excluding carboxylic acids is 2. The van der Waals surface area contributed by atoms with Crippen molar-refractivity contribution in [1.82, 2.24) is 4.90 Å². The van der Waals surface area contributed by atoms with Crippen LogP contribution >= 0.6 is 0 Å². The maximum atomic E-state index is 11.4. The number of esters is 1. The zero-order valence-electron chi connectivity index (χ0n) is 9.94. The van der Waals surface area contributed by atoms with Crippen LogP contribution in [0.1, 0.15) is 26.2 Å². The first-order valence-electron chi connectivity index (χ1n) is 5.71. The zero-order chi connectivity index (χ0) is 12.1. The highest BCUT2D eigenvalue weighted by molar-refractivity contribution is 5.80. The SMILES string of the molecule is CCC(C(N)=O)N1CCCC(C(=O)OC)C1. The standard InChI is InChI=1S/C11H20N2O3/c1-3-9(10(12)14)13-6-4-5-8(7-13)11(15)16-2/h8-9H,3-7H2,1-2H3,(H2,12,14). The topological polar surface area (TPSA) is 72.6 Å². The highest BCUT2D eigenvalue weighted by Gasteiger charge is 2.31. The minimum absolute atomic E-state index is 0.118. The fraction of sp³-hybridized carbons (Fsp3) is 0.818. The minimum atomic E-state index is -0.312. The normalized spacial score (nSPS) is 23.8. The highest BCUT2D eigenvalue weighted by Crippen LogP contribution is 2.20. The van der Waals surface area contributed by atoms with Gasteiger partial charge in [-0.15, -0.1) is 0 Å². The minimum Gasteiger partial charge on any atom is -0.469 e. The van der Waals surface area contributed by atoms with Crippen LogP contribution in [0.2, 0.25) is 0 Å². The Labute approximate surface area is 95.9 Å². The van der Waals surface area contributed by atoms with Crippen molar-refractivity contribution in [3.05, 3.63) is 0 Å². The number of hydrogen-bond donors (Lipinski definition) is 1. The molecule has 1 saturated heterocycles. The van der Waals surface area contributed by atoms with Gasteiger partial charge in [0, 0.05) is 6.54 Å². The molecule has 2 unspecified atom stereocenters. The van der Waals surface area contributed by atoms with Crippen LogP contribution in [0.4, 0.5) is 0 Å². The van der Waals surface area contributed by atoms with E-state index in [1.807, 2.05) is 11.8 Å². The summed E-state index contributed by atoms with van der Waals surface area (Å²) in [4.78, 5) is 24.7. The van der Waals surface area contributed by atoms with Crippen molar-refractivity contribution in [2.75, 3.05) is 20.2 Å². The van der Waals surface area contributed by atoms with Gasteiger partial charge in [-0.05, 0) is 25.8 Å². The fourth-order valence-electron chi connectivity index (χ4n) is 2.29. The second-order valence-electron chi connectivity index (χ2n) is 4.18. The Morgan fingerprint density at radius 3 is 2.75 bits per heavy atom. The van der Waals surface area contributed by atoms with E-state index in [4.69, 9.17) is 10.5 Å². The zero-order valence-corrected chi connectivity index (χ0v) is 9.94. The number of piperidine rings is 1. The molecule has 16 heavy (non-hydrogen) atoms. The number of hydrogen-bond acceptors (Lipinski definition) is 4. The summed E-state index contributed by atoms with van der Waals surface area (Å²) in [6, 6.07) is -0.257. The van der Waals surface area contributed by atoms with Crippen LogP contribution in [0.5, 0.6) is 0 Å². The highest BCUT2D eigenvalue weighted by atomic mass is 16.5. The smallest absolute Gasteiger partial charge is 0.309 e. The van der Waals surface area contributed by atoms with Gasteiger partial charge in [0.15, 0.2) is 0 Å². The lowest BCUT2D eigenvalue weighted by molar-refractivity contribution is -0.148. The van der Waals surface area contributed by atoms with E-state index in [2.05, 4.69) is 0 Å². The molecule has 1 aliphatic heterocycles. The molecule has 0 aromatic heterocycles. The van der Waals surface area contributed by atoms with Gasteiger partial charge in [0.05, 0.1) is 19.1 Å². The average Bonchev–Trinajstić information content (AvgIpc) is 2.29. The van der Waals surface area contributed by atoms with Crippen LogP contribution in [0.15, 0.2) is 0 Å². The number of nitrogens with two attached hydrogens (primary N) is 1. The third-order valence-corrected chi connectivity index (χ3v) is 3.14. The number of methoxy groups -OCH3 is 1. The molecular formula is C11H20N2O3. The molecule has 0 aromatic rings. The van der Waals surface area contributed by atoms with Crippen molar-refractivity contribution in [3.63, 3.8) is 0 Å². The van der Waals surface area contributed by atoms with Crippen LogP contribution < -0.4 is 5.73 Å². The summed E-state index contributed by atoms with van der Waals surface area (Å²) in [5.74, 6) is -0.621. The molecular weight excluding hydrogens is 208 g/mol. The first-order valence-corrected chi connectivity index (χ1v) is 5.71. The van der Waals surface area contributed by atoms with Gasteiger partial charge < -0.3 is 10.5 Å².